The number of hydrogen-bond acceptors (Lipinski definition) is 3. The van der Waals surface area contributed by atoms with Crippen molar-refractivity contribution in [3.63, 3.8) is 0 Å². The maximum atomic E-state index is 12.1. The van der Waals surface area contributed by atoms with Crippen LogP contribution in [0, 0.1) is 5.41 Å². The summed E-state index contributed by atoms with van der Waals surface area (Å²) < 4.78 is 0. The Kier molecular flexibility index (Phi) is 4.00. The SMILES string of the molecule is CNC(=O)C1(C)CCN(C2CCNCc3ccccc32)C1. The van der Waals surface area contributed by atoms with Crippen molar-refractivity contribution in [3.8, 4) is 0 Å². The Morgan fingerprint density at radius 1 is 1.43 bits per heavy atom. The van der Waals surface area contributed by atoms with Crippen LogP contribution in [-0.2, 0) is 11.3 Å². The molecule has 2 atom stereocenters. The number of nitrogens with zero attached hydrogens (tertiary/aromatic N) is 1. The molecule has 0 bridgehead atoms. The van der Waals surface area contributed by atoms with Gasteiger partial charge in [-0.3, -0.25) is 9.69 Å². The molecule has 114 valence electrons. The summed E-state index contributed by atoms with van der Waals surface area (Å²) in [6.45, 7) is 5.93. The first-order valence-corrected chi connectivity index (χ1v) is 7.89. The predicted molar refractivity (Wildman–Crippen MR) is 83.9 cm³/mol. The molecule has 2 aliphatic heterocycles. The van der Waals surface area contributed by atoms with Gasteiger partial charge in [0.2, 0.25) is 5.91 Å². The van der Waals surface area contributed by atoms with Gasteiger partial charge in [-0.15, -0.1) is 0 Å². The average molecular weight is 287 g/mol. The van der Waals surface area contributed by atoms with Crippen LogP contribution in [0.2, 0.25) is 0 Å². The Bertz CT molecular complexity index is 531. The van der Waals surface area contributed by atoms with Gasteiger partial charge in [-0.05, 0) is 44.0 Å². The molecular formula is C17H25N3O. The number of nitrogens with one attached hydrogen (secondary N) is 2. The standard InChI is InChI=1S/C17H25N3O/c1-17(16(21)18-2)8-10-20(12-17)15-7-9-19-11-13-5-3-4-6-14(13)15/h3-6,15,19H,7-12H2,1-2H3,(H,18,21). The molecular weight excluding hydrogens is 262 g/mol. The Hall–Kier alpha value is -1.39. The third-order valence-corrected chi connectivity index (χ3v) is 5.04. The monoisotopic (exact) mass is 287 g/mol. The first-order chi connectivity index (χ1) is 10.1. The van der Waals surface area contributed by atoms with Crippen molar-refractivity contribution in [1.82, 2.24) is 15.5 Å². The van der Waals surface area contributed by atoms with Crippen LogP contribution in [-0.4, -0.2) is 37.5 Å². The van der Waals surface area contributed by atoms with Crippen molar-refractivity contribution in [1.29, 1.82) is 0 Å². The molecule has 2 heterocycles. The molecule has 0 aromatic heterocycles. The first kappa shape index (κ1) is 14.5. The predicted octanol–water partition coefficient (Wildman–Crippen LogP) is 1.68. The van der Waals surface area contributed by atoms with Gasteiger partial charge in [-0.2, -0.15) is 0 Å². The molecule has 3 rings (SSSR count). The van der Waals surface area contributed by atoms with E-state index in [4.69, 9.17) is 0 Å². The molecule has 0 aliphatic carbocycles. The molecule has 0 spiro atoms. The second-order valence-corrected chi connectivity index (χ2v) is 6.54. The number of fused-ring (bicyclic) bond motifs is 1. The molecule has 0 radical (unpaired) electrons. The average Bonchev–Trinajstić information content (AvgIpc) is 2.78. The van der Waals surface area contributed by atoms with E-state index in [1.165, 1.54) is 11.1 Å². The zero-order valence-electron chi connectivity index (χ0n) is 13.0. The van der Waals surface area contributed by atoms with Gasteiger partial charge in [0.15, 0.2) is 0 Å². The number of benzene rings is 1. The zero-order chi connectivity index (χ0) is 14.9. The summed E-state index contributed by atoms with van der Waals surface area (Å²) in [5, 5.41) is 6.33. The molecule has 4 nitrogen and oxygen atoms in total. The molecule has 2 unspecified atom stereocenters. The van der Waals surface area contributed by atoms with Crippen LogP contribution >= 0.6 is 0 Å². The Balaban J connectivity index is 1.83. The van der Waals surface area contributed by atoms with Gasteiger partial charge in [0, 0.05) is 26.2 Å². The van der Waals surface area contributed by atoms with E-state index in [9.17, 15) is 4.79 Å². The summed E-state index contributed by atoms with van der Waals surface area (Å²) in [4.78, 5) is 14.6. The summed E-state index contributed by atoms with van der Waals surface area (Å²) in [6.07, 6.45) is 2.06. The van der Waals surface area contributed by atoms with Gasteiger partial charge in [0.25, 0.3) is 0 Å². The summed E-state index contributed by atoms with van der Waals surface area (Å²) in [6, 6.07) is 9.15. The molecule has 1 fully saturated rings. The normalized spacial score (nSPS) is 29.7. The minimum Gasteiger partial charge on any atom is -0.359 e. The lowest BCUT2D eigenvalue weighted by Crippen LogP contribution is -2.40. The molecule has 1 aromatic carbocycles. The highest BCUT2D eigenvalue weighted by atomic mass is 16.2. The molecule has 2 N–H and O–H groups in total. The van der Waals surface area contributed by atoms with Gasteiger partial charge in [0.1, 0.15) is 0 Å². The number of carbonyl (C=O) groups is 1. The van der Waals surface area contributed by atoms with E-state index in [0.717, 1.165) is 39.0 Å². The number of amides is 1. The molecule has 4 heteroatoms. The third-order valence-electron chi connectivity index (χ3n) is 5.04. The van der Waals surface area contributed by atoms with Crippen LogP contribution in [0.4, 0.5) is 0 Å². The Labute approximate surface area is 126 Å². The summed E-state index contributed by atoms with van der Waals surface area (Å²) in [7, 11) is 1.74. The van der Waals surface area contributed by atoms with E-state index < -0.39 is 0 Å². The van der Waals surface area contributed by atoms with Gasteiger partial charge < -0.3 is 10.6 Å². The molecule has 1 saturated heterocycles. The zero-order valence-corrected chi connectivity index (χ0v) is 13.0. The van der Waals surface area contributed by atoms with Gasteiger partial charge in [0.05, 0.1) is 5.41 Å². The maximum Gasteiger partial charge on any atom is 0.227 e. The number of likely N-dealkylation sites (tertiary alicyclic amines) is 1. The van der Waals surface area contributed by atoms with Crippen molar-refractivity contribution >= 4 is 5.91 Å². The second kappa shape index (κ2) is 5.78. The van der Waals surface area contributed by atoms with Crippen LogP contribution in [0.25, 0.3) is 0 Å². The van der Waals surface area contributed by atoms with E-state index >= 15 is 0 Å². The van der Waals surface area contributed by atoms with Crippen molar-refractivity contribution in [2.24, 2.45) is 5.41 Å². The quantitative estimate of drug-likeness (QED) is 0.870. The smallest absolute Gasteiger partial charge is 0.227 e. The molecule has 21 heavy (non-hydrogen) atoms. The molecule has 1 aromatic rings. The summed E-state index contributed by atoms with van der Waals surface area (Å²) >= 11 is 0. The maximum absolute atomic E-state index is 12.1. The van der Waals surface area contributed by atoms with E-state index in [0.29, 0.717) is 6.04 Å². The molecule has 2 aliphatic rings. The van der Waals surface area contributed by atoms with Crippen LogP contribution in [0.3, 0.4) is 0 Å². The van der Waals surface area contributed by atoms with Crippen molar-refractivity contribution < 1.29 is 4.79 Å². The first-order valence-electron chi connectivity index (χ1n) is 7.89. The third kappa shape index (κ3) is 2.70. The highest BCUT2D eigenvalue weighted by Crippen LogP contribution is 2.38. The van der Waals surface area contributed by atoms with Crippen LogP contribution in [0.5, 0.6) is 0 Å². The lowest BCUT2D eigenvalue weighted by Gasteiger charge is -2.30. The second-order valence-electron chi connectivity index (χ2n) is 6.54. The number of hydrogen-bond donors (Lipinski definition) is 2. The molecule has 0 saturated carbocycles. The van der Waals surface area contributed by atoms with Crippen molar-refractivity contribution in [2.75, 3.05) is 26.7 Å². The van der Waals surface area contributed by atoms with Crippen LogP contribution in [0.1, 0.15) is 36.9 Å². The van der Waals surface area contributed by atoms with E-state index in [1.54, 1.807) is 7.05 Å². The fourth-order valence-corrected chi connectivity index (χ4v) is 3.77. The lowest BCUT2D eigenvalue weighted by atomic mass is 9.88. The van der Waals surface area contributed by atoms with Gasteiger partial charge in [-0.25, -0.2) is 0 Å². The van der Waals surface area contributed by atoms with Crippen LogP contribution in [0.15, 0.2) is 24.3 Å². The Morgan fingerprint density at radius 2 is 2.24 bits per heavy atom. The fourth-order valence-electron chi connectivity index (χ4n) is 3.77. The topological polar surface area (TPSA) is 44.4 Å². The van der Waals surface area contributed by atoms with Crippen molar-refractivity contribution in [3.05, 3.63) is 35.4 Å². The fraction of sp³-hybridized carbons (Fsp3) is 0.588. The minimum absolute atomic E-state index is 0.171. The van der Waals surface area contributed by atoms with Crippen LogP contribution < -0.4 is 10.6 Å². The minimum atomic E-state index is -0.247. The highest BCUT2D eigenvalue weighted by Gasteiger charge is 2.42. The summed E-state index contributed by atoms with van der Waals surface area (Å²) in [5.74, 6) is 0.171. The van der Waals surface area contributed by atoms with E-state index in [-0.39, 0.29) is 11.3 Å². The largest absolute Gasteiger partial charge is 0.359 e. The number of carbonyl (C=O) groups excluding carboxylic acids is 1. The Morgan fingerprint density at radius 3 is 3.05 bits per heavy atom. The van der Waals surface area contributed by atoms with Gasteiger partial charge >= 0.3 is 0 Å². The lowest BCUT2D eigenvalue weighted by molar-refractivity contribution is -0.129. The molecule has 1 amide bonds. The van der Waals surface area contributed by atoms with Gasteiger partial charge in [-0.1, -0.05) is 24.3 Å². The number of rotatable bonds is 2. The highest BCUT2D eigenvalue weighted by molar-refractivity contribution is 5.82. The van der Waals surface area contributed by atoms with E-state index in [1.807, 2.05) is 0 Å². The summed E-state index contributed by atoms with van der Waals surface area (Å²) in [5.41, 5.74) is 2.58. The van der Waals surface area contributed by atoms with Crippen molar-refractivity contribution in [2.45, 2.75) is 32.4 Å². The van der Waals surface area contributed by atoms with E-state index in [2.05, 4.69) is 46.7 Å².